The molecule has 19 heavy (non-hydrogen) atoms. The lowest BCUT2D eigenvalue weighted by Crippen LogP contribution is -2.48. The number of hydrogen-bond donors (Lipinski definition) is 1. The summed E-state index contributed by atoms with van der Waals surface area (Å²) in [4.78, 5) is 21.5. The molecule has 0 fully saturated rings. The largest absolute Gasteiger partial charge is 0.461 e. The van der Waals surface area contributed by atoms with Crippen LogP contribution in [-0.4, -0.2) is 29.1 Å². The van der Waals surface area contributed by atoms with Gasteiger partial charge in [0.1, 0.15) is 6.61 Å². The molecule has 0 aliphatic carbocycles. The van der Waals surface area contributed by atoms with Crippen LogP contribution in [0, 0.1) is 0 Å². The van der Waals surface area contributed by atoms with Gasteiger partial charge in [0.2, 0.25) is 5.60 Å². The maximum Gasteiger partial charge on any atom is 0.424 e. The van der Waals surface area contributed by atoms with Crippen LogP contribution in [0.2, 0.25) is 0 Å². The Hall–Kier alpha value is -1.89. The maximum absolute atomic E-state index is 12.3. The molecule has 0 amide bonds. The Morgan fingerprint density at radius 3 is 2.32 bits per heavy atom. The molecule has 1 unspecified atom stereocenters. The van der Waals surface area contributed by atoms with E-state index in [4.69, 9.17) is 5.11 Å². The van der Waals surface area contributed by atoms with Crippen LogP contribution in [0.3, 0.4) is 0 Å². The molecular formula is C12H11F3O4. The third kappa shape index (κ3) is 4.06. The highest BCUT2D eigenvalue weighted by atomic mass is 19.4. The Labute approximate surface area is 106 Å². The van der Waals surface area contributed by atoms with Gasteiger partial charge in [-0.3, -0.25) is 9.59 Å². The fourth-order valence-corrected chi connectivity index (χ4v) is 1.22. The lowest BCUT2D eigenvalue weighted by Gasteiger charge is -2.23. The van der Waals surface area contributed by atoms with Gasteiger partial charge in [0.25, 0.3) is 0 Å². The lowest BCUT2D eigenvalue weighted by atomic mass is 10.0. The molecule has 1 N–H and O–H groups in total. The average Bonchev–Trinajstić information content (AvgIpc) is 2.36. The first-order chi connectivity index (χ1) is 8.78. The Kier molecular flexibility index (Phi) is 4.66. The first kappa shape index (κ1) is 15.2. The summed E-state index contributed by atoms with van der Waals surface area (Å²) in [5, 5.41) is 9.03. The number of carbonyl (C=O) groups is 2. The van der Waals surface area contributed by atoms with E-state index < -0.39 is 30.5 Å². The van der Waals surface area contributed by atoms with Gasteiger partial charge in [0, 0.05) is 0 Å². The van der Waals surface area contributed by atoms with E-state index >= 15 is 0 Å². The zero-order valence-electron chi connectivity index (χ0n) is 9.68. The molecule has 0 aromatic heterocycles. The second-order valence-corrected chi connectivity index (χ2v) is 3.86. The molecule has 0 aliphatic heterocycles. The minimum atomic E-state index is -5.22. The van der Waals surface area contributed by atoms with Crippen LogP contribution < -0.4 is 0 Å². The minimum absolute atomic E-state index is 0.230. The summed E-state index contributed by atoms with van der Waals surface area (Å²) in [6.45, 7) is -0.230. The molecule has 0 spiro atoms. The highest BCUT2D eigenvalue weighted by Gasteiger charge is 2.55. The zero-order chi connectivity index (χ0) is 14.5. The van der Waals surface area contributed by atoms with E-state index in [9.17, 15) is 22.8 Å². The zero-order valence-corrected chi connectivity index (χ0v) is 9.68. The maximum atomic E-state index is 12.3. The number of rotatable bonds is 5. The molecule has 0 heterocycles. The molecule has 0 radical (unpaired) electrons. The molecule has 0 saturated carbocycles. The van der Waals surface area contributed by atoms with E-state index in [2.05, 4.69) is 4.74 Å². The normalized spacial score (nSPS) is 14.5. The van der Waals surface area contributed by atoms with Crippen molar-refractivity contribution in [3.05, 3.63) is 35.9 Å². The third-order valence-electron chi connectivity index (χ3n) is 2.34. The second-order valence-electron chi connectivity index (χ2n) is 3.86. The molecule has 1 aromatic rings. The van der Waals surface area contributed by atoms with Crippen LogP contribution in [0.15, 0.2) is 30.3 Å². The highest BCUT2D eigenvalue weighted by Crippen LogP contribution is 2.31. The van der Waals surface area contributed by atoms with E-state index in [0.29, 0.717) is 5.56 Å². The summed E-state index contributed by atoms with van der Waals surface area (Å²) in [6.07, 6.45) is -7.40. The Morgan fingerprint density at radius 1 is 1.26 bits per heavy atom. The summed E-state index contributed by atoms with van der Waals surface area (Å²) in [7, 11) is 0. The standard InChI is InChI=1S/C12H11F3O4/c13-12(14,15)11(18,8-16)6-10(17)19-7-9-4-2-1-3-5-9/h1-5,8,18H,6-7H2. The first-order valence-electron chi connectivity index (χ1n) is 5.23. The van der Waals surface area contributed by atoms with Gasteiger partial charge in [-0.2, -0.15) is 13.2 Å². The van der Waals surface area contributed by atoms with E-state index in [1.165, 1.54) is 0 Å². The molecule has 4 nitrogen and oxygen atoms in total. The van der Waals surface area contributed by atoms with Gasteiger partial charge in [-0.15, -0.1) is 0 Å². The smallest absolute Gasteiger partial charge is 0.424 e. The summed E-state index contributed by atoms with van der Waals surface area (Å²) in [5.74, 6) is -1.31. The van der Waals surface area contributed by atoms with Crippen molar-refractivity contribution in [2.24, 2.45) is 0 Å². The van der Waals surface area contributed by atoms with E-state index in [0.717, 1.165) is 0 Å². The van der Waals surface area contributed by atoms with Gasteiger partial charge in [0.15, 0.2) is 6.29 Å². The van der Waals surface area contributed by atoms with Crippen molar-refractivity contribution in [3.8, 4) is 0 Å². The highest BCUT2D eigenvalue weighted by molar-refractivity contribution is 5.78. The molecule has 1 atom stereocenters. The number of aliphatic hydroxyl groups is 1. The molecule has 7 heteroatoms. The summed E-state index contributed by atoms with van der Waals surface area (Å²) in [5.41, 5.74) is -3.13. The second kappa shape index (κ2) is 5.83. The Bertz CT molecular complexity index is 444. The van der Waals surface area contributed by atoms with Gasteiger partial charge in [-0.1, -0.05) is 30.3 Å². The van der Waals surface area contributed by atoms with Gasteiger partial charge < -0.3 is 9.84 Å². The van der Waals surface area contributed by atoms with Crippen molar-refractivity contribution < 1.29 is 32.6 Å². The number of alkyl halides is 3. The predicted octanol–water partition coefficient (Wildman–Crippen LogP) is 1.61. The van der Waals surface area contributed by atoms with Crippen LogP contribution in [-0.2, 0) is 20.9 Å². The van der Waals surface area contributed by atoms with E-state index in [1.54, 1.807) is 30.3 Å². The van der Waals surface area contributed by atoms with Crippen molar-refractivity contribution in [1.29, 1.82) is 0 Å². The molecule has 104 valence electrons. The summed E-state index contributed by atoms with van der Waals surface area (Å²) in [6, 6.07) is 8.29. The monoisotopic (exact) mass is 276 g/mol. The third-order valence-corrected chi connectivity index (χ3v) is 2.34. The number of hydrogen-bond acceptors (Lipinski definition) is 4. The van der Waals surface area contributed by atoms with Crippen LogP contribution in [0.25, 0.3) is 0 Å². The van der Waals surface area contributed by atoms with Gasteiger partial charge >= 0.3 is 12.1 Å². The average molecular weight is 276 g/mol. The van der Waals surface area contributed by atoms with Crippen molar-refractivity contribution in [2.75, 3.05) is 0 Å². The fourth-order valence-electron chi connectivity index (χ4n) is 1.22. The van der Waals surface area contributed by atoms with Gasteiger partial charge in [-0.05, 0) is 5.56 Å². The van der Waals surface area contributed by atoms with Crippen molar-refractivity contribution in [3.63, 3.8) is 0 Å². The molecule has 1 aromatic carbocycles. The fraction of sp³-hybridized carbons (Fsp3) is 0.333. The quantitative estimate of drug-likeness (QED) is 0.655. The molecule has 0 bridgehead atoms. The number of halogens is 3. The number of esters is 1. The minimum Gasteiger partial charge on any atom is -0.461 e. The Balaban J connectivity index is 2.58. The number of ether oxygens (including phenoxy) is 1. The number of aldehydes is 1. The molecule has 1 rings (SSSR count). The first-order valence-corrected chi connectivity index (χ1v) is 5.23. The van der Waals surface area contributed by atoms with E-state index in [1.807, 2.05) is 0 Å². The SMILES string of the molecule is O=CC(O)(CC(=O)OCc1ccccc1)C(F)(F)F. The molecule has 0 aliphatic rings. The lowest BCUT2D eigenvalue weighted by molar-refractivity contribution is -0.248. The molecule has 0 saturated heterocycles. The Morgan fingerprint density at radius 2 is 1.84 bits per heavy atom. The number of benzene rings is 1. The predicted molar refractivity (Wildman–Crippen MR) is 57.9 cm³/mol. The van der Waals surface area contributed by atoms with Crippen LogP contribution in [0.4, 0.5) is 13.2 Å². The summed E-state index contributed by atoms with van der Waals surface area (Å²) >= 11 is 0. The van der Waals surface area contributed by atoms with Crippen molar-refractivity contribution >= 4 is 12.3 Å². The van der Waals surface area contributed by atoms with Crippen LogP contribution >= 0.6 is 0 Å². The van der Waals surface area contributed by atoms with E-state index in [-0.39, 0.29) is 6.61 Å². The number of carbonyl (C=O) groups excluding carboxylic acids is 2. The topological polar surface area (TPSA) is 63.6 Å². The van der Waals surface area contributed by atoms with Crippen LogP contribution in [0.1, 0.15) is 12.0 Å². The molecular weight excluding hydrogens is 265 g/mol. The van der Waals surface area contributed by atoms with Gasteiger partial charge in [0.05, 0.1) is 6.42 Å². The van der Waals surface area contributed by atoms with Crippen molar-refractivity contribution in [1.82, 2.24) is 0 Å². The van der Waals surface area contributed by atoms with Crippen molar-refractivity contribution in [2.45, 2.75) is 24.8 Å². The summed E-state index contributed by atoms with van der Waals surface area (Å²) < 4.78 is 41.6. The van der Waals surface area contributed by atoms with Crippen LogP contribution in [0.5, 0.6) is 0 Å². The van der Waals surface area contributed by atoms with Gasteiger partial charge in [-0.25, -0.2) is 0 Å².